The van der Waals surface area contributed by atoms with E-state index in [2.05, 4.69) is 55.7 Å². The van der Waals surface area contributed by atoms with Crippen molar-refractivity contribution in [2.45, 2.75) is 313 Å². The Balaban J connectivity index is 0.000000403. The van der Waals surface area contributed by atoms with Crippen LogP contribution in [0.4, 0.5) is 15.3 Å². The maximum Gasteiger partial charge on any atom is 0.407 e. The molecule has 21 atom stereocenters. The molecule has 2 aliphatic carbocycles. The zero-order chi connectivity index (χ0) is 109. The number of ether oxygens (including phenoxy) is 14. The van der Waals surface area contributed by atoms with Crippen molar-refractivity contribution < 1.29 is 154 Å². The highest BCUT2D eigenvalue weighted by atomic mass is 127. The third kappa shape index (κ3) is 38.3. The number of aliphatic hydroxyl groups is 5. The van der Waals surface area contributed by atoms with Gasteiger partial charge in [-0.3, -0.25) is 52.9 Å². The Kier molecular flexibility index (Phi) is 52.7. The fourth-order valence-corrected chi connectivity index (χ4v) is 21.8. The molecule has 2 bridgehead atoms. The average Bonchev–Trinajstić information content (AvgIpc) is 0.816. The zero-order valence-corrected chi connectivity index (χ0v) is 91.8. The van der Waals surface area contributed by atoms with Crippen molar-refractivity contribution in [3.05, 3.63) is 97.2 Å². The number of thioether (sulfide) groups is 1. The highest BCUT2D eigenvalue weighted by molar-refractivity contribution is 14.1. The van der Waals surface area contributed by atoms with Gasteiger partial charge in [-0.2, -0.15) is 5.48 Å². The van der Waals surface area contributed by atoms with Crippen LogP contribution in [0, 0.1) is 64.8 Å². The number of urea groups is 1. The van der Waals surface area contributed by atoms with E-state index in [1.54, 1.807) is 65.0 Å². The van der Waals surface area contributed by atoms with Gasteiger partial charge in [-0.25, -0.2) is 9.59 Å². The van der Waals surface area contributed by atoms with Crippen LogP contribution in [0.5, 0.6) is 11.5 Å². The molecule has 5 aliphatic heterocycles. The topological polar surface area (TPSA) is 546 Å². The number of nitrogens with one attached hydrogen (secondary N) is 6. The van der Waals surface area contributed by atoms with Gasteiger partial charge in [0.2, 0.25) is 29.1 Å². The molecule has 0 saturated carbocycles. The fraction of sp³-hybridized carbons (Fsp3) is 0.654. The molecule has 4 saturated heterocycles. The van der Waals surface area contributed by atoms with Gasteiger partial charge in [0.1, 0.15) is 60.5 Å². The van der Waals surface area contributed by atoms with E-state index in [0.717, 1.165) is 29.7 Å². The second-order valence-electron chi connectivity index (χ2n) is 38.1. The predicted molar refractivity (Wildman–Crippen MR) is 559 cm³/mol. The van der Waals surface area contributed by atoms with Crippen molar-refractivity contribution in [3.63, 3.8) is 0 Å². The number of benzene rings is 2. The van der Waals surface area contributed by atoms with Crippen LogP contribution in [0.1, 0.15) is 206 Å². The summed E-state index contributed by atoms with van der Waals surface area (Å²) in [4.78, 5) is 160. The summed E-state index contributed by atoms with van der Waals surface area (Å²) in [6, 6.07) is 4.12. The van der Waals surface area contributed by atoms with Gasteiger partial charge in [0.15, 0.2) is 36.0 Å². The number of nitrogens with two attached hydrogens (primary N) is 1. The molecule has 822 valence electrons. The molecule has 148 heavy (non-hydrogen) atoms. The summed E-state index contributed by atoms with van der Waals surface area (Å²) < 4.78 is 82.7. The summed E-state index contributed by atoms with van der Waals surface area (Å²) in [5.41, 5.74) is 8.51. The number of halogens is 1. The number of ketones is 3. The second-order valence-corrected chi connectivity index (χ2v) is 43.4. The Labute approximate surface area is 891 Å². The number of allylic oxidation sites excluding steroid dienone is 2. The maximum absolute atomic E-state index is 14.4. The number of hydroxylamine groups is 1. The Bertz CT molecular complexity index is 5030. The first-order valence-electron chi connectivity index (χ1n) is 50.2. The Morgan fingerprint density at radius 2 is 1.43 bits per heavy atom. The number of nitrogens with zero attached hydrogens (tertiary/aromatic N) is 1. The van der Waals surface area contributed by atoms with Crippen LogP contribution in [-0.4, -0.2) is 314 Å². The van der Waals surface area contributed by atoms with E-state index < -0.39 is 163 Å². The zero-order valence-electron chi connectivity index (χ0n) is 87.2. The number of anilines is 1. The van der Waals surface area contributed by atoms with Crippen LogP contribution in [0.2, 0.25) is 0 Å². The lowest BCUT2D eigenvalue weighted by Gasteiger charge is -2.46. The minimum atomic E-state index is -2.09. The van der Waals surface area contributed by atoms with Gasteiger partial charge in [0, 0.05) is 142 Å². The summed E-state index contributed by atoms with van der Waals surface area (Å²) in [5.74, 6) is 8.15. The number of unbranched alkanes of at least 4 members (excludes halogenated alkanes) is 2. The van der Waals surface area contributed by atoms with Crippen molar-refractivity contribution in [2.24, 2.45) is 29.4 Å². The van der Waals surface area contributed by atoms with Gasteiger partial charge in [-0.05, 0) is 183 Å². The molecule has 17 unspecified atom stereocenters. The molecule has 0 radical (unpaired) electrons. The number of carbonyl (C=O) groups is 12. The van der Waals surface area contributed by atoms with Gasteiger partial charge in [-0.15, -0.1) is 0 Å². The molecule has 2 aromatic rings. The van der Waals surface area contributed by atoms with E-state index >= 15 is 0 Å². The molecule has 0 aromatic heterocycles. The number of alkyl carbamates (subject to hydrolysis) is 1. The number of rotatable bonds is 56. The molecule has 0 spiro atoms. The van der Waals surface area contributed by atoms with Crippen LogP contribution in [0.3, 0.4) is 0 Å². The largest absolute Gasteiger partial charge is 0.496 e. The lowest BCUT2D eigenvalue weighted by molar-refractivity contribution is -0.335. The number of hydrogen-bond donors (Lipinski definition) is 12. The van der Waals surface area contributed by atoms with Crippen molar-refractivity contribution in [1.82, 2.24) is 31.6 Å². The molecular formula is C104H149IN8O32S3. The number of methoxy groups -OCH3 is 3. The van der Waals surface area contributed by atoms with E-state index in [0.29, 0.717) is 136 Å². The standard InChI is InChI=1S/C64H87IN2O21S3.C40H62N6O11/c1-14-66-44(71)20-23-63(9,10)91-89-24-21-40-49-39(27-45(72)78-11)42(70)29-64(40,77)22-18-16-15-17-19-43(49)85-62-58(86-46-25-31(2)38(30-81-46)26-32(3)68)53(74)51(35(6)83-62)67-88-47-28-41(69)59(37(8)82-47)90-60(76)48-33(4)50(65)56(34(5)55(48)79-12)87-61-54(75)57(80-13)52(73)36(7)84-61;1-4-21-54-23-25-56-26-24-55-22-9-19-43-40(53)57-28-30-12-14-32(15-13-30)44-38(51)31(10-8-18-42-39(41)52)27-33(47)37(29(2)3)45-34(48)11-6-5-7-20-46-35(49)16-17-36(46)50/h15-16,21,31,35-38,41,43,46-47,51-54,57-59,61-62,67,69,73-75,77H,14,20,23-30H2,1-13H3,(H,66,71);12-17,29,31,37H,4-11,18-28H2,1-3H3,(H,43,53)(H,44,51)(H,45,48)(H3,41,42,52)/b16-15-,40-21-;/t31?,35?,36?,37?,38?,41?,43-,46?,47?,51?,52?,53?,54?,57?,58?,59?,61?,62?,64-;31-,37+/m01/s1. The van der Waals surface area contributed by atoms with Crippen LogP contribution >= 0.6 is 55.9 Å². The minimum Gasteiger partial charge on any atom is -0.496 e. The first-order chi connectivity index (χ1) is 70.5. The van der Waals surface area contributed by atoms with Gasteiger partial charge >= 0.3 is 18.1 Å². The molecule has 7 aliphatic rings. The van der Waals surface area contributed by atoms with Crippen molar-refractivity contribution >= 4 is 132 Å². The Morgan fingerprint density at radius 1 is 0.750 bits per heavy atom. The number of fused-ring (bicyclic) bond motifs is 2. The molecule has 8 amide bonds. The van der Waals surface area contributed by atoms with Crippen LogP contribution in [0.15, 0.2) is 71.4 Å². The molecule has 40 nitrogen and oxygen atoms in total. The molecular weight excluding hydrogens is 2100 g/mol. The summed E-state index contributed by atoms with van der Waals surface area (Å²) in [7, 11) is 6.96. The molecule has 44 heteroatoms. The van der Waals surface area contributed by atoms with Crippen LogP contribution < -0.4 is 47.3 Å². The molecule has 4 fully saturated rings. The number of esters is 1. The van der Waals surface area contributed by atoms with Crippen LogP contribution in [0.25, 0.3) is 0 Å². The minimum absolute atomic E-state index is 0.00577. The highest BCUT2D eigenvalue weighted by Crippen LogP contribution is 2.47. The summed E-state index contributed by atoms with van der Waals surface area (Å²) in [6.45, 7) is 28.3. The lowest BCUT2D eigenvalue weighted by atomic mass is 9.72. The predicted octanol–water partition coefficient (Wildman–Crippen LogP) is 8.75. The molecule has 2 aromatic carbocycles. The fourth-order valence-electron chi connectivity index (χ4n) is 17.4. The quantitative estimate of drug-likeness (QED) is 0.00560. The lowest BCUT2D eigenvalue weighted by Crippen LogP contribution is -2.64. The monoisotopic (exact) mass is 2240 g/mol. The molecule has 9 rings (SSSR count). The smallest absolute Gasteiger partial charge is 0.407 e. The number of primary amides is 1. The van der Waals surface area contributed by atoms with Crippen molar-refractivity contribution in [2.75, 3.05) is 105 Å². The van der Waals surface area contributed by atoms with Crippen molar-refractivity contribution in [3.8, 4) is 35.2 Å². The number of imide groups is 1. The van der Waals surface area contributed by atoms with E-state index in [-0.39, 0.29) is 143 Å². The number of amides is 8. The number of Topliss-reactive ketones (excluding diaryl/α,β-unsaturated/α-hetero) is 3. The summed E-state index contributed by atoms with van der Waals surface area (Å²) in [5, 5.41) is 70.9. The Hall–Kier alpha value is -8.54. The molecule has 13 N–H and O–H groups in total. The van der Waals surface area contributed by atoms with Gasteiger partial charge in [0.25, 0.3) is 11.8 Å². The van der Waals surface area contributed by atoms with Gasteiger partial charge < -0.3 is 129 Å². The van der Waals surface area contributed by atoms with E-state index in [1.165, 1.54) is 74.1 Å². The average molecular weight is 2250 g/mol. The number of carbonyl (C=O) groups excluding carboxylic acids is 12. The number of aliphatic hydroxyl groups excluding tert-OH is 4. The first-order valence-corrected chi connectivity index (χ1v) is 54.5. The summed E-state index contributed by atoms with van der Waals surface area (Å²) >= 11 is 2.92. The molecule has 5 heterocycles. The Morgan fingerprint density at radius 3 is 2.08 bits per heavy atom. The van der Waals surface area contributed by atoms with E-state index in [4.69, 9.17) is 76.9 Å². The maximum atomic E-state index is 14.4. The summed E-state index contributed by atoms with van der Waals surface area (Å²) in [6.07, 6.45) is -5.56. The third-order valence-corrected chi connectivity index (χ3v) is 31.5. The van der Waals surface area contributed by atoms with Crippen molar-refractivity contribution in [1.29, 1.82) is 0 Å². The normalized spacial score (nSPS) is 26.2. The number of hydrogen-bond acceptors (Lipinski definition) is 36. The van der Waals surface area contributed by atoms with E-state index in [1.807, 2.05) is 71.1 Å². The SMILES string of the molecule is CCCOCCOCCOCCCNC(=O)OCc1ccc(NC(=O)[C@H](CCCNC(N)=O)CC(=O)[C@@H](NC(=O)CCCCCN2C(=O)C=CC2=O)C(C)C)cc1.CCNC(=O)CCC(C)(C)SSC/C=C1/C2=C(CC(=O)OC)C(=O)C[C@@]1(O)C#C/C=C\C#C[C@@H]2OC1OC(C)C(NOC2CC(O)C(SC(=O)c3c(C)c(I)c(OC4OC(C)C(O)C(OC)C4O)c(C)c3OC)C(C)O2)C(O)C1OC1CC(C)C(CC(C)=O)CO1. The third-order valence-electron chi connectivity index (χ3n) is 25.7. The second kappa shape index (κ2) is 62.6. The highest BCUT2D eigenvalue weighted by Gasteiger charge is 2.53. The van der Waals surface area contributed by atoms with Crippen LogP contribution in [-0.2, 0) is 111 Å². The van der Waals surface area contributed by atoms with E-state index in [9.17, 15) is 83.1 Å². The van der Waals surface area contributed by atoms with Gasteiger partial charge in [0.05, 0.1) is 111 Å². The first kappa shape index (κ1) is 125. The van der Waals surface area contributed by atoms with Gasteiger partial charge in [-0.1, -0.05) is 109 Å².